The molecule has 0 spiro atoms. The van der Waals surface area contributed by atoms with Crippen LogP contribution in [0.15, 0.2) is 0 Å². The van der Waals surface area contributed by atoms with E-state index in [2.05, 4.69) is 6.92 Å². The SMILES string of the molecule is C[C@@H]1SCCC[C@@H]1O. The average molecular weight is 132 g/mol. The molecule has 1 heterocycles. The fourth-order valence-corrected chi connectivity index (χ4v) is 1.97. The Morgan fingerprint density at radius 3 is 2.75 bits per heavy atom. The van der Waals surface area contributed by atoms with E-state index in [-0.39, 0.29) is 6.10 Å². The van der Waals surface area contributed by atoms with Crippen molar-refractivity contribution >= 4 is 11.8 Å². The summed E-state index contributed by atoms with van der Waals surface area (Å²) in [7, 11) is 0. The summed E-state index contributed by atoms with van der Waals surface area (Å²) in [5.74, 6) is 1.23. The molecule has 0 unspecified atom stereocenters. The third kappa shape index (κ3) is 1.39. The van der Waals surface area contributed by atoms with Crippen molar-refractivity contribution in [3.8, 4) is 0 Å². The molecule has 0 amide bonds. The highest BCUT2D eigenvalue weighted by atomic mass is 32.2. The summed E-state index contributed by atoms with van der Waals surface area (Å²) >= 11 is 1.88. The lowest BCUT2D eigenvalue weighted by molar-refractivity contribution is 0.161. The molecule has 1 aliphatic rings. The molecule has 1 nitrogen and oxygen atoms in total. The molecule has 0 radical (unpaired) electrons. The summed E-state index contributed by atoms with van der Waals surface area (Å²) in [6, 6.07) is 0. The van der Waals surface area contributed by atoms with Gasteiger partial charge in [0.2, 0.25) is 0 Å². The number of hydrogen-bond acceptors (Lipinski definition) is 2. The zero-order valence-electron chi connectivity index (χ0n) is 5.13. The normalized spacial score (nSPS) is 39.8. The Morgan fingerprint density at radius 2 is 2.38 bits per heavy atom. The van der Waals surface area contributed by atoms with Crippen LogP contribution in [0.2, 0.25) is 0 Å². The van der Waals surface area contributed by atoms with Crippen LogP contribution < -0.4 is 0 Å². The zero-order chi connectivity index (χ0) is 5.98. The largest absolute Gasteiger partial charge is 0.392 e. The second-order valence-corrected chi connectivity index (χ2v) is 3.77. The van der Waals surface area contributed by atoms with Crippen LogP contribution >= 0.6 is 11.8 Å². The van der Waals surface area contributed by atoms with E-state index < -0.39 is 0 Å². The van der Waals surface area contributed by atoms with Crippen molar-refractivity contribution in [3.05, 3.63) is 0 Å². The highest BCUT2D eigenvalue weighted by Gasteiger charge is 2.17. The summed E-state index contributed by atoms with van der Waals surface area (Å²) in [6.07, 6.45) is 2.17. The van der Waals surface area contributed by atoms with E-state index >= 15 is 0 Å². The average Bonchev–Trinajstić information content (AvgIpc) is 1.77. The van der Waals surface area contributed by atoms with Gasteiger partial charge in [0, 0.05) is 5.25 Å². The van der Waals surface area contributed by atoms with Gasteiger partial charge in [-0.1, -0.05) is 6.92 Å². The van der Waals surface area contributed by atoms with Crippen LogP contribution in [0.3, 0.4) is 0 Å². The van der Waals surface area contributed by atoms with E-state index in [1.807, 2.05) is 11.8 Å². The first kappa shape index (κ1) is 6.43. The van der Waals surface area contributed by atoms with Crippen LogP contribution in [0.25, 0.3) is 0 Å². The molecule has 2 heteroatoms. The molecule has 0 aromatic rings. The topological polar surface area (TPSA) is 20.2 Å². The Morgan fingerprint density at radius 1 is 1.62 bits per heavy atom. The molecular formula is C6H12OS. The van der Waals surface area contributed by atoms with Crippen molar-refractivity contribution in [1.82, 2.24) is 0 Å². The Balaban J connectivity index is 2.28. The molecule has 0 aromatic carbocycles. The number of aliphatic hydroxyl groups is 1. The second kappa shape index (κ2) is 2.74. The van der Waals surface area contributed by atoms with Gasteiger partial charge >= 0.3 is 0 Å². The van der Waals surface area contributed by atoms with Crippen LogP contribution in [-0.2, 0) is 0 Å². The lowest BCUT2D eigenvalue weighted by atomic mass is 10.1. The fraction of sp³-hybridized carbons (Fsp3) is 1.00. The van der Waals surface area contributed by atoms with Crippen molar-refractivity contribution in [1.29, 1.82) is 0 Å². The Hall–Kier alpha value is 0.310. The standard InChI is InChI=1S/C6H12OS/c1-5-6(7)3-2-4-8-5/h5-7H,2-4H2,1H3/t5-,6-/m0/s1. The van der Waals surface area contributed by atoms with Crippen molar-refractivity contribution in [2.75, 3.05) is 5.75 Å². The summed E-state index contributed by atoms with van der Waals surface area (Å²) < 4.78 is 0. The van der Waals surface area contributed by atoms with Gasteiger partial charge in [0.05, 0.1) is 6.10 Å². The second-order valence-electron chi connectivity index (χ2n) is 2.29. The van der Waals surface area contributed by atoms with Crippen LogP contribution in [0.5, 0.6) is 0 Å². The molecule has 1 aliphatic heterocycles. The minimum atomic E-state index is -0.0336. The van der Waals surface area contributed by atoms with E-state index in [0.29, 0.717) is 5.25 Å². The molecule has 0 aromatic heterocycles. The van der Waals surface area contributed by atoms with Crippen LogP contribution in [0.1, 0.15) is 19.8 Å². The highest BCUT2D eigenvalue weighted by Crippen LogP contribution is 2.24. The number of thioether (sulfide) groups is 1. The summed E-state index contributed by atoms with van der Waals surface area (Å²) in [4.78, 5) is 0. The van der Waals surface area contributed by atoms with Gasteiger partial charge in [0.1, 0.15) is 0 Å². The third-order valence-electron chi connectivity index (χ3n) is 1.57. The first-order valence-corrected chi connectivity index (χ1v) is 4.15. The van der Waals surface area contributed by atoms with Crippen molar-refractivity contribution < 1.29 is 5.11 Å². The quantitative estimate of drug-likeness (QED) is 0.535. The molecule has 0 saturated carbocycles. The molecule has 2 atom stereocenters. The monoisotopic (exact) mass is 132 g/mol. The third-order valence-corrected chi connectivity index (χ3v) is 2.93. The maximum atomic E-state index is 9.16. The summed E-state index contributed by atoms with van der Waals surface area (Å²) in [5, 5.41) is 9.63. The van der Waals surface area contributed by atoms with Crippen molar-refractivity contribution in [2.24, 2.45) is 0 Å². The van der Waals surface area contributed by atoms with Gasteiger partial charge in [-0.3, -0.25) is 0 Å². The van der Waals surface area contributed by atoms with E-state index in [4.69, 9.17) is 5.11 Å². The van der Waals surface area contributed by atoms with Gasteiger partial charge in [-0.15, -0.1) is 0 Å². The molecule has 1 rings (SSSR count). The zero-order valence-corrected chi connectivity index (χ0v) is 5.95. The molecule has 1 N–H and O–H groups in total. The predicted octanol–water partition coefficient (Wildman–Crippen LogP) is 1.26. The van der Waals surface area contributed by atoms with Crippen molar-refractivity contribution in [3.63, 3.8) is 0 Å². The van der Waals surface area contributed by atoms with E-state index in [0.717, 1.165) is 6.42 Å². The Bertz CT molecular complexity index is 64.9. The fourth-order valence-electron chi connectivity index (χ4n) is 0.907. The van der Waals surface area contributed by atoms with E-state index in [1.165, 1.54) is 12.2 Å². The molecule has 8 heavy (non-hydrogen) atoms. The van der Waals surface area contributed by atoms with Crippen LogP contribution in [-0.4, -0.2) is 22.2 Å². The lowest BCUT2D eigenvalue weighted by Gasteiger charge is -2.22. The lowest BCUT2D eigenvalue weighted by Crippen LogP contribution is -2.24. The highest BCUT2D eigenvalue weighted by molar-refractivity contribution is 7.99. The molecule has 1 fully saturated rings. The minimum Gasteiger partial charge on any atom is -0.392 e. The Kier molecular flexibility index (Phi) is 2.20. The van der Waals surface area contributed by atoms with Gasteiger partial charge in [-0.25, -0.2) is 0 Å². The molecule has 0 aliphatic carbocycles. The minimum absolute atomic E-state index is 0.0336. The van der Waals surface area contributed by atoms with Crippen LogP contribution in [0.4, 0.5) is 0 Å². The smallest absolute Gasteiger partial charge is 0.0656 e. The predicted molar refractivity (Wildman–Crippen MR) is 37.2 cm³/mol. The van der Waals surface area contributed by atoms with Crippen LogP contribution in [0, 0.1) is 0 Å². The molecule has 48 valence electrons. The molecular weight excluding hydrogens is 120 g/mol. The number of rotatable bonds is 0. The maximum Gasteiger partial charge on any atom is 0.0656 e. The molecule has 1 saturated heterocycles. The summed E-state index contributed by atoms with van der Waals surface area (Å²) in [6.45, 7) is 2.09. The van der Waals surface area contributed by atoms with E-state index in [1.54, 1.807) is 0 Å². The number of hydrogen-bond donors (Lipinski definition) is 1. The van der Waals surface area contributed by atoms with E-state index in [9.17, 15) is 0 Å². The molecule has 0 bridgehead atoms. The van der Waals surface area contributed by atoms with Gasteiger partial charge in [-0.05, 0) is 18.6 Å². The maximum absolute atomic E-state index is 9.16. The van der Waals surface area contributed by atoms with Gasteiger partial charge < -0.3 is 5.11 Å². The first-order valence-electron chi connectivity index (χ1n) is 3.10. The number of aliphatic hydroxyl groups excluding tert-OH is 1. The Labute approximate surface area is 54.5 Å². The van der Waals surface area contributed by atoms with Gasteiger partial charge in [0.25, 0.3) is 0 Å². The van der Waals surface area contributed by atoms with Gasteiger partial charge in [-0.2, -0.15) is 11.8 Å². The summed E-state index contributed by atoms with van der Waals surface area (Å²) in [5.41, 5.74) is 0. The van der Waals surface area contributed by atoms with Crippen molar-refractivity contribution in [2.45, 2.75) is 31.1 Å². The van der Waals surface area contributed by atoms with Gasteiger partial charge in [0.15, 0.2) is 0 Å². The first-order chi connectivity index (χ1) is 3.80.